The van der Waals surface area contributed by atoms with Crippen molar-refractivity contribution in [1.29, 1.82) is 0 Å². The Bertz CT molecular complexity index is 9850. The van der Waals surface area contributed by atoms with Crippen LogP contribution in [0.2, 0.25) is 0 Å². The number of fused-ring (bicyclic) bond motifs is 8. The number of carbonyl (C=O) groups excluding carboxylic acids is 1. The Morgan fingerprint density at radius 2 is 0.890 bits per heavy atom. The van der Waals surface area contributed by atoms with Crippen LogP contribution in [0.3, 0.4) is 0 Å². The van der Waals surface area contributed by atoms with Crippen LogP contribution in [0, 0.1) is 13.8 Å². The highest BCUT2D eigenvalue weighted by atomic mass is 16.5. The van der Waals surface area contributed by atoms with Crippen LogP contribution in [0.25, 0.3) is 324 Å². The Balaban J connectivity index is 0.733. The number of nitrogens with zero attached hydrogens (tertiary/aromatic N) is 3. The molecule has 29 aromatic carbocycles. The van der Waals surface area contributed by atoms with Gasteiger partial charge in [0.2, 0.25) is 0 Å². The number of carbonyl (C=O) groups is 1. The molecule has 6 heterocycles. The van der Waals surface area contributed by atoms with Crippen molar-refractivity contribution in [1.82, 2.24) is 24.8 Å². The SMILES string of the molecule is CCC1=C(C)c2cc3[nH]c(cc4nc(c5c6[nH]c(cc1n2)c(C)c6C(O)C5)[C@@H](CCC(=O)OC)[C@@H]4C)c(C)c3CN1CC23c4c5c6c7c8c9c(c%10c%11c2c2c4c4c%12c5c5c6c6c8c8c%13c9c9c%10c%10c%11c%11c2c2c4c4c%12c%12c5c5c6c8c6c8c%13c9c9c%10c%10c%11c2c2c4c4c%12c5c6c5c8c9c%10c2c45)C73C1c1ccccc1. The molecule has 492 valence electrons. The average Bonchev–Trinajstić information content (AvgIpc) is 1.38. The molecule has 0 radical (unpaired) electrons. The number of benzene rings is 19. The number of nitrogens with one attached hydrogen (secondary N) is 2. The topological polar surface area (TPSA) is 107 Å². The summed E-state index contributed by atoms with van der Waals surface area (Å²) in [5, 5.41) is 99.8. The fourth-order valence-electron chi connectivity index (χ4n) is 33.3. The molecule has 5 aliphatic carbocycles. The minimum Gasteiger partial charge on any atom is -0.469 e. The monoisotopic (exact) mass is 1380 g/mol. The van der Waals surface area contributed by atoms with E-state index in [9.17, 15) is 9.90 Å². The number of H-pyrrole nitrogens is 2. The second kappa shape index (κ2) is 12.9. The van der Waals surface area contributed by atoms with Gasteiger partial charge in [-0.2, -0.15) is 0 Å². The maximum absolute atomic E-state index is 13.3. The van der Waals surface area contributed by atoms with E-state index in [0.717, 1.165) is 74.5 Å². The Labute approximate surface area is 607 Å². The predicted molar refractivity (Wildman–Crippen MR) is 448 cm³/mol. The first-order valence-electron chi connectivity index (χ1n) is 40.4. The van der Waals surface area contributed by atoms with Crippen molar-refractivity contribution in [2.45, 2.75) is 102 Å². The predicted octanol–water partition coefficient (Wildman–Crippen LogP) is 24.6. The molecule has 109 heavy (non-hydrogen) atoms. The number of aliphatic hydroxyl groups is 1. The smallest absolute Gasteiger partial charge is 0.305 e. The number of hydrogen-bond acceptors (Lipinski definition) is 6. The molecule has 8 aliphatic rings. The second-order valence-corrected chi connectivity index (χ2v) is 37.6. The lowest BCUT2D eigenvalue weighted by atomic mass is 9.47. The number of aliphatic hydroxyl groups excluding tert-OH is 1. The van der Waals surface area contributed by atoms with Gasteiger partial charge in [0.15, 0.2) is 0 Å². The van der Waals surface area contributed by atoms with Gasteiger partial charge in [0.1, 0.15) is 0 Å². The molecular weight excluding hydrogens is 1330 g/mol. The average molecular weight is 1380 g/mol. The van der Waals surface area contributed by atoms with Crippen molar-refractivity contribution in [3.05, 3.63) is 127 Å². The van der Waals surface area contributed by atoms with Gasteiger partial charge in [0.25, 0.3) is 0 Å². The minimum absolute atomic E-state index is 0.0207. The van der Waals surface area contributed by atoms with E-state index in [1.54, 1.807) is 313 Å². The van der Waals surface area contributed by atoms with Crippen LogP contribution in [0.4, 0.5) is 0 Å². The second-order valence-electron chi connectivity index (χ2n) is 37.6. The van der Waals surface area contributed by atoms with Crippen molar-refractivity contribution in [3.8, 4) is 0 Å². The van der Waals surface area contributed by atoms with Gasteiger partial charge in [-0.05, 0) is 398 Å². The maximum atomic E-state index is 13.3. The zero-order valence-electron chi connectivity index (χ0n) is 59.3. The van der Waals surface area contributed by atoms with E-state index in [4.69, 9.17) is 14.7 Å². The molecule has 4 atom stereocenters. The third kappa shape index (κ3) is 3.48. The maximum Gasteiger partial charge on any atom is 0.305 e. The van der Waals surface area contributed by atoms with Crippen molar-refractivity contribution < 1.29 is 14.6 Å². The number of hydrogen-bond donors (Lipinski definition) is 3. The summed E-state index contributed by atoms with van der Waals surface area (Å²) in [4.78, 5) is 36.0. The molecule has 3 aliphatic heterocycles. The Morgan fingerprint density at radius 3 is 1.30 bits per heavy atom. The Hall–Kier alpha value is -12.1. The number of aryl methyl sites for hydroxylation is 2. The van der Waals surface area contributed by atoms with Crippen LogP contribution in [0.15, 0.2) is 48.5 Å². The molecule has 32 aromatic rings. The van der Waals surface area contributed by atoms with Crippen molar-refractivity contribution in [2.24, 2.45) is 0 Å². The fraction of sp³-hybridized carbons (Fsp3) is 0.178. The molecule has 3 N–H and O–H groups in total. The molecule has 8 bridgehead atoms. The van der Waals surface area contributed by atoms with Gasteiger partial charge < -0.3 is 19.8 Å². The van der Waals surface area contributed by atoms with Crippen LogP contribution < -0.4 is 0 Å². The van der Waals surface area contributed by atoms with Crippen LogP contribution in [0.1, 0.15) is 142 Å². The van der Waals surface area contributed by atoms with E-state index >= 15 is 0 Å². The summed E-state index contributed by atoms with van der Waals surface area (Å²) in [6, 6.07) is 19.2. The Kier molecular flexibility index (Phi) is 5.80. The number of ether oxygens (including phenoxy) is 1. The molecule has 1 fully saturated rings. The van der Waals surface area contributed by atoms with Crippen LogP contribution >= 0.6 is 0 Å². The molecule has 8 nitrogen and oxygen atoms in total. The first-order chi connectivity index (χ1) is 53.6. The number of likely N-dealkylation sites (tertiary alicyclic amines) is 1. The number of rotatable bonds is 7. The third-order valence-electron chi connectivity index (χ3n) is 35.5. The molecule has 40 rings (SSSR count). The number of aromatic amines is 2. The largest absolute Gasteiger partial charge is 0.469 e. The number of aromatic nitrogens is 4. The van der Waals surface area contributed by atoms with Crippen molar-refractivity contribution in [2.75, 3.05) is 13.7 Å². The highest BCUT2D eigenvalue weighted by molar-refractivity contribution is 6.82. The summed E-state index contributed by atoms with van der Waals surface area (Å²) in [7, 11) is 1.50. The van der Waals surface area contributed by atoms with E-state index in [-0.39, 0.29) is 30.3 Å². The van der Waals surface area contributed by atoms with Gasteiger partial charge in [-0.15, -0.1) is 0 Å². The lowest BCUT2D eigenvalue weighted by molar-refractivity contribution is -0.140. The van der Waals surface area contributed by atoms with Crippen molar-refractivity contribution >= 4 is 330 Å². The van der Waals surface area contributed by atoms with Gasteiger partial charge in [0.05, 0.1) is 41.5 Å². The fourth-order valence-corrected chi connectivity index (χ4v) is 33.3. The van der Waals surface area contributed by atoms with E-state index in [0.29, 0.717) is 19.4 Å². The van der Waals surface area contributed by atoms with E-state index in [1.807, 2.05) is 0 Å². The first kappa shape index (κ1) is 49.0. The number of methoxy groups -OCH3 is 1. The zero-order chi connectivity index (χ0) is 68.6. The van der Waals surface area contributed by atoms with Gasteiger partial charge in [-0.25, -0.2) is 4.98 Å². The van der Waals surface area contributed by atoms with Crippen LogP contribution in [-0.4, -0.2) is 49.6 Å². The highest BCUT2D eigenvalue weighted by Crippen LogP contribution is 2.87. The summed E-state index contributed by atoms with van der Waals surface area (Å²) in [5.74, 6) is -0.302. The number of esters is 1. The lowest BCUT2D eigenvalue weighted by Gasteiger charge is -2.52. The summed E-state index contributed by atoms with van der Waals surface area (Å²) < 4.78 is 5.35. The van der Waals surface area contributed by atoms with Crippen LogP contribution in [-0.2, 0) is 33.3 Å². The molecule has 1 saturated heterocycles. The minimum atomic E-state index is -0.677. The molecule has 2 spiro atoms. The zero-order valence-corrected chi connectivity index (χ0v) is 59.3. The van der Waals surface area contributed by atoms with Gasteiger partial charge >= 0.3 is 5.97 Å². The van der Waals surface area contributed by atoms with E-state index < -0.39 is 16.9 Å². The summed E-state index contributed by atoms with van der Waals surface area (Å²) >= 11 is 0. The Morgan fingerprint density at radius 1 is 0.495 bits per heavy atom. The van der Waals surface area contributed by atoms with Crippen molar-refractivity contribution in [3.63, 3.8) is 0 Å². The highest BCUT2D eigenvalue weighted by Gasteiger charge is 2.76. The standard InChI is InChI=1S/C101H45N5O3/c1-7-26-21(2)31-17-35-29(23(4)30(103-35)16-32-22(3)27(13-14-37(108)109-6)97(104-32)28-15-36(107)38-24(5)33(105-98(28)38)18-34(26)102-31)19-106-20-100-93-85-77-67-57-49-41-39-40-43-47-45(41)53-61-55(47)65-59-51(43)52-44(40)48-46-42(39)50(49)58-64-54(46)62-56(48)66-60(52)70-69(59)81-75(65)83-73(61)79(71(77)63(53)57)87(93)89(83)95-91(81)92-82(70)76(66)84-74(62)80-72(64)78(68(58)67)86(85)94(100)88(80)90(84)96(92)101(95,100)99(106)25-11-9-8-10-12-25/h8-12,16-18,22,27,36,99,103,105,107H,7,13-15,19-20H2,1-6H3/t22-,27-,36?,99?,100?,101?/m0/s1. The summed E-state index contributed by atoms with van der Waals surface area (Å²) in [6.07, 6.45) is 1.50. The van der Waals surface area contributed by atoms with Crippen LogP contribution in [0.5, 0.6) is 0 Å². The van der Waals surface area contributed by atoms with Gasteiger partial charge in [-0.1, -0.05) is 44.2 Å². The quantitative estimate of drug-likeness (QED) is 0.108. The van der Waals surface area contributed by atoms with Gasteiger partial charge in [0, 0.05) is 82.3 Å². The molecule has 2 unspecified atom stereocenters. The van der Waals surface area contributed by atoms with E-state index in [2.05, 4.69) is 98.0 Å². The molecule has 0 saturated carbocycles. The molecule has 0 amide bonds. The normalized spacial score (nSPS) is 22.7. The summed E-state index contributed by atoms with van der Waals surface area (Å²) in [5.41, 5.74) is 23.2. The van der Waals surface area contributed by atoms with E-state index in [1.165, 1.54) is 34.9 Å². The molecule has 3 aromatic heterocycles. The molecular formula is C101H45N5O3. The first-order valence-corrected chi connectivity index (χ1v) is 40.4. The third-order valence-corrected chi connectivity index (χ3v) is 35.5. The van der Waals surface area contributed by atoms with Gasteiger partial charge in [-0.3, -0.25) is 14.7 Å². The lowest BCUT2D eigenvalue weighted by Crippen LogP contribution is -2.51. The summed E-state index contributed by atoms with van der Waals surface area (Å²) in [6.45, 7) is 13.0. The number of allylic oxidation sites excluding steroid dienone is 2. The molecule has 8 heteroatoms.